The van der Waals surface area contributed by atoms with Gasteiger partial charge < -0.3 is 5.32 Å². The summed E-state index contributed by atoms with van der Waals surface area (Å²) in [5.41, 5.74) is 1.25. The van der Waals surface area contributed by atoms with Gasteiger partial charge in [-0.1, -0.05) is 38.4 Å². The zero-order chi connectivity index (χ0) is 15.9. The molecule has 1 aromatic carbocycles. The molecule has 0 aromatic heterocycles. The number of hydrogen-bond donors (Lipinski definition) is 1. The molecule has 1 saturated heterocycles. The van der Waals surface area contributed by atoms with Crippen LogP contribution in [0.1, 0.15) is 33.3 Å². The van der Waals surface area contributed by atoms with E-state index in [0.717, 1.165) is 5.56 Å². The van der Waals surface area contributed by atoms with E-state index in [0.29, 0.717) is 10.7 Å². The molecule has 0 spiro atoms. The molecule has 0 bridgehead atoms. The van der Waals surface area contributed by atoms with Crippen LogP contribution in [-0.4, -0.2) is 23.9 Å². The minimum Gasteiger partial charge on any atom is -0.342 e. The summed E-state index contributed by atoms with van der Waals surface area (Å²) in [7, 11) is 0. The molecule has 2 atom stereocenters. The van der Waals surface area contributed by atoms with Crippen LogP contribution in [0.15, 0.2) is 18.2 Å². The first-order valence-electron chi connectivity index (χ1n) is 7.02. The van der Waals surface area contributed by atoms with E-state index in [9.17, 15) is 9.59 Å². The summed E-state index contributed by atoms with van der Waals surface area (Å²) in [6.45, 7) is 9.43. The highest BCUT2D eigenvalue weighted by Gasteiger charge is 2.44. The van der Waals surface area contributed by atoms with Crippen LogP contribution >= 0.6 is 11.6 Å². The van der Waals surface area contributed by atoms with Gasteiger partial charge in [-0.2, -0.15) is 0 Å². The van der Waals surface area contributed by atoms with Gasteiger partial charge >= 0.3 is 0 Å². The van der Waals surface area contributed by atoms with Gasteiger partial charge in [0.15, 0.2) is 0 Å². The van der Waals surface area contributed by atoms with Crippen LogP contribution in [0.25, 0.3) is 0 Å². The van der Waals surface area contributed by atoms with Gasteiger partial charge in [-0.15, -0.1) is 0 Å². The van der Waals surface area contributed by atoms with E-state index in [1.807, 2.05) is 39.8 Å². The molecule has 114 valence electrons. The summed E-state index contributed by atoms with van der Waals surface area (Å²) in [4.78, 5) is 26.5. The topological polar surface area (TPSA) is 49.4 Å². The lowest BCUT2D eigenvalue weighted by Crippen LogP contribution is -2.66. The van der Waals surface area contributed by atoms with E-state index >= 15 is 0 Å². The van der Waals surface area contributed by atoms with Crippen LogP contribution in [0.2, 0.25) is 5.02 Å². The summed E-state index contributed by atoms with van der Waals surface area (Å²) < 4.78 is 0. The van der Waals surface area contributed by atoms with Crippen molar-refractivity contribution in [3.05, 3.63) is 28.8 Å². The molecule has 1 N–H and O–H groups in total. The number of carbonyl (C=O) groups is 2. The molecule has 1 aromatic rings. The lowest BCUT2D eigenvalue weighted by Gasteiger charge is -2.42. The summed E-state index contributed by atoms with van der Waals surface area (Å²) >= 11 is 6.15. The molecule has 4 nitrogen and oxygen atoms in total. The molecule has 2 amide bonds. The Kier molecular flexibility index (Phi) is 4.02. The molecule has 0 saturated carbocycles. The van der Waals surface area contributed by atoms with Crippen molar-refractivity contribution in [2.45, 2.75) is 46.7 Å². The predicted octanol–water partition coefficient (Wildman–Crippen LogP) is 2.91. The van der Waals surface area contributed by atoms with Crippen LogP contribution < -0.4 is 10.2 Å². The number of nitrogens with zero attached hydrogens (tertiary/aromatic N) is 1. The normalized spacial score (nSPS) is 23.2. The Morgan fingerprint density at radius 2 is 1.86 bits per heavy atom. The number of amides is 2. The molecule has 21 heavy (non-hydrogen) atoms. The van der Waals surface area contributed by atoms with Crippen molar-refractivity contribution in [1.29, 1.82) is 0 Å². The van der Waals surface area contributed by atoms with Crippen molar-refractivity contribution in [3.63, 3.8) is 0 Å². The monoisotopic (exact) mass is 308 g/mol. The van der Waals surface area contributed by atoms with E-state index < -0.39 is 12.1 Å². The van der Waals surface area contributed by atoms with Crippen molar-refractivity contribution in [1.82, 2.24) is 5.32 Å². The standard InChI is InChI=1S/C16H21ClN2O2/c1-9-6-7-11(8-12(9)17)19-10(2)14(20)18-13(15(19)21)16(3,4)5/h6-8,10,13H,1-5H3,(H,18,20). The lowest BCUT2D eigenvalue weighted by molar-refractivity contribution is -0.136. The van der Waals surface area contributed by atoms with Crippen molar-refractivity contribution in [2.75, 3.05) is 4.90 Å². The summed E-state index contributed by atoms with van der Waals surface area (Å²) in [5, 5.41) is 3.41. The number of halogens is 1. The Bertz CT molecular complexity index is 592. The molecule has 0 aliphatic carbocycles. The number of benzene rings is 1. The molecule has 1 aliphatic heterocycles. The quantitative estimate of drug-likeness (QED) is 0.867. The van der Waals surface area contributed by atoms with Crippen molar-refractivity contribution in [2.24, 2.45) is 5.41 Å². The van der Waals surface area contributed by atoms with Gasteiger partial charge in [-0.25, -0.2) is 0 Å². The Labute approximate surface area is 130 Å². The highest BCUT2D eigenvalue weighted by atomic mass is 35.5. The number of rotatable bonds is 1. The highest BCUT2D eigenvalue weighted by Crippen LogP contribution is 2.30. The molecule has 2 rings (SSSR count). The maximum Gasteiger partial charge on any atom is 0.250 e. The van der Waals surface area contributed by atoms with Crippen molar-refractivity contribution >= 4 is 29.1 Å². The van der Waals surface area contributed by atoms with E-state index in [1.165, 1.54) is 0 Å². The molecule has 0 radical (unpaired) electrons. The van der Waals surface area contributed by atoms with Crippen molar-refractivity contribution < 1.29 is 9.59 Å². The van der Waals surface area contributed by atoms with Gasteiger partial charge in [0.25, 0.3) is 5.91 Å². The molecule has 2 unspecified atom stereocenters. The largest absolute Gasteiger partial charge is 0.342 e. The Morgan fingerprint density at radius 1 is 1.24 bits per heavy atom. The number of hydrogen-bond acceptors (Lipinski definition) is 2. The number of aryl methyl sites for hydroxylation is 1. The highest BCUT2D eigenvalue weighted by molar-refractivity contribution is 6.31. The van der Waals surface area contributed by atoms with E-state index in [1.54, 1.807) is 17.9 Å². The first kappa shape index (κ1) is 15.8. The van der Waals surface area contributed by atoms with E-state index in [-0.39, 0.29) is 17.2 Å². The second kappa shape index (κ2) is 5.34. The zero-order valence-electron chi connectivity index (χ0n) is 13.0. The van der Waals surface area contributed by atoms with Gasteiger partial charge in [-0.05, 0) is 37.0 Å². The van der Waals surface area contributed by atoms with Crippen molar-refractivity contribution in [3.8, 4) is 0 Å². The second-order valence-electron chi connectivity index (χ2n) is 6.63. The minimum atomic E-state index is -0.546. The zero-order valence-corrected chi connectivity index (χ0v) is 13.8. The number of nitrogens with one attached hydrogen (secondary N) is 1. The third-order valence-corrected chi connectivity index (χ3v) is 4.24. The maximum atomic E-state index is 12.8. The molecular formula is C16H21ClN2O2. The first-order valence-corrected chi connectivity index (χ1v) is 7.40. The fourth-order valence-electron chi connectivity index (χ4n) is 2.44. The fraction of sp³-hybridized carbons (Fsp3) is 0.500. The van der Waals surface area contributed by atoms with Crippen LogP contribution in [0.5, 0.6) is 0 Å². The lowest BCUT2D eigenvalue weighted by atomic mass is 9.84. The van der Waals surface area contributed by atoms with Gasteiger partial charge in [0, 0.05) is 10.7 Å². The predicted molar refractivity (Wildman–Crippen MR) is 84.5 cm³/mol. The average Bonchev–Trinajstić information content (AvgIpc) is 2.37. The average molecular weight is 309 g/mol. The molecule has 1 heterocycles. The van der Waals surface area contributed by atoms with E-state index in [2.05, 4.69) is 5.32 Å². The molecule has 5 heteroatoms. The SMILES string of the molecule is Cc1ccc(N2C(=O)C(C(C)(C)C)NC(=O)C2C)cc1Cl. The Balaban J connectivity index is 2.46. The van der Waals surface area contributed by atoms with Crippen LogP contribution in [0.4, 0.5) is 5.69 Å². The molecule has 1 fully saturated rings. The first-order chi connectivity index (χ1) is 9.62. The van der Waals surface area contributed by atoms with Gasteiger partial charge in [0.05, 0.1) is 0 Å². The number of piperazine rings is 1. The third-order valence-electron chi connectivity index (χ3n) is 3.84. The molecular weight excluding hydrogens is 288 g/mol. The van der Waals surface area contributed by atoms with Gasteiger partial charge in [-0.3, -0.25) is 14.5 Å². The summed E-state index contributed by atoms with van der Waals surface area (Å²) in [6, 6.07) is 4.34. The van der Waals surface area contributed by atoms with Crippen LogP contribution in [-0.2, 0) is 9.59 Å². The maximum absolute atomic E-state index is 12.8. The Hall–Kier alpha value is -1.55. The Morgan fingerprint density at radius 3 is 2.38 bits per heavy atom. The van der Waals surface area contributed by atoms with E-state index in [4.69, 9.17) is 11.6 Å². The van der Waals surface area contributed by atoms with Gasteiger partial charge in [0.2, 0.25) is 5.91 Å². The third kappa shape index (κ3) is 2.91. The van der Waals surface area contributed by atoms with Crippen LogP contribution in [0.3, 0.4) is 0 Å². The van der Waals surface area contributed by atoms with Gasteiger partial charge in [0.1, 0.15) is 12.1 Å². The second-order valence-corrected chi connectivity index (χ2v) is 7.03. The molecule has 1 aliphatic rings. The minimum absolute atomic E-state index is 0.102. The summed E-state index contributed by atoms with van der Waals surface area (Å²) in [5.74, 6) is -0.249. The number of anilines is 1. The number of carbonyl (C=O) groups excluding carboxylic acids is 2. The summed E-state index contributed by atoms with van der Waals surface area (Å²) in [6.07, 6.45) is 0. The van der Waals surface area contributed by atoms with Crippen LogP contribution in [0, 0.1) is 12.3 Å². The fourth-order valence-corrected chi connectivity index (χ4v) is 2.62. The smallest absolute Gasteiger partial charge is 0.250 e.